The van der Waals surface area contributed by atoms with Gasteiger partial charge >= 0.3 is 0 Å². The fourth-order valence-electron chi connectivity index (χ4n) is 3.00. The molecule has 0 amide bonds. The molecule has 31 heavy (non-hydrogen) atoms. The molecule has 9 heteroatoms. The summed E-state index contributed by atoms with van der Waals surface area (Å²) in [5.74, 6) is 13.2. The molecule has 4 aromatic rings. The quantitative estimate of drug-likeness (QED) is 0.222. The van der Waals surface area contributed by atoms with E-state index in [0.29, 0.717) is 40.2 Å². The predicted octanol–water partition coefficient (Wildman–Crippen LogP) is 4.39. The highest BCUT2D eigenvalue weighted by Crippen LogP contribution is 2.36. The van der Waals surface area contributed by atoms with E-state index in [1.54, 1.807) is 24.3 Å². The van der Waals surface area contributed by atoms with E-state index in [-0.39, 0.29) is 5.82 Å². The van der Waals surface area contributed by atoms with Gasteiger partial charge in [0.25, 0.3) is 0 Å². The summed E-state index contributed by atoms with van der Waals surface area (Å²) in [6.45, 7) is 0. The molecule has 0 atom stereocenters. The van der Waals surface area contributed by atoms with Gasteiger partial charge in [-0.2, -0.15) is 9.97 Å². The van der Waals surface area contributed by atoms with Gasteiger partial charge in [-0.15, -0.1) is 0 Å². The van der Waals surface area contributed by atoms with Crippen molar-refractivity contribution in [2.75, 3.05) is 16.2 Å². The molecule has 156 valence electrons. The molecule has 0 radical (unpaired) electrons. The van der Waals surface area contributed by atoms with Crippen LogP contribution in [0, 0.1) is 5.82 Å². The molecule has 0 unspecified atom stereocenters. The maximum Gasteiger partial charge on any atom is 0.231 e. The van der Waals surface area contributed by atoms with E-state index in [9.17, 15) is 4.39 Å². The number of hydrogen-bond acceptors (Lipinski definition) is 8. The van der Waals surface area contributed by atoms with Crippen molar-refractivity contribution < 1.29 is 9.13 Å². The molecule has 4 rings (SSSR count). The zero-order valence-electron chi connectivity index (χ0n) is 16.3. The smallest absolute Gasteiger partial charge is 0.231 e. The van der Waals surface area contributed by atoms with Gasteiger partial charge in [0, 0.05) is 5.69 Å². The maximum atomic E-state index is 13.1. The van der Waals surface area contributed by atoms with Crippen LogP contribution < -0.4 is 32.6 Å². The van der Waals surface area contributed by atoms with Gasteiger partial charge < -0.3 is 20.9 Å². The van der Waals surface area contributed by atoms with E-state index >= 15 is 0 Å². The average Bonchev–Trinajstić information content (AvgIpc) is 2.81. The summed E-state index contributed by atoms with van der Waals surface area (Å²) < 4.78 is 19.0. The highest BCUT2D eigenvalue weighted by molar-refractivity contribution is 5.86. The Morgan fingerprint density at radius 3 is 2.06 bits per heavy atom. The van der Waals surface area contributed by atoms with E-state index in [0.717, 1.165) is 5.69 Å². The molecule has 0 spiro atoms. The topological polar surface area (TPSA) is 123 Å². The number of ether oxygens (including phenoxy) is 1. The first kappa shape index (κ1) is 20.1. The Morgan fingerprint density at radius 2 is 1.42 bits per heavy atom. The molecule has 0 aliphatic rings. The Labute approximate surface area is 178 Å². The number of hydrogen-bond donors (Lipinski definition) is 5. The van der Waals surface area contributed by atoms with Crippen molar-refractivity contribution in [3.05, 3.63) is 84.7 Å². The molecule has 0 bridgehead atoms. The third-order valence-corrected chi connectivity index (χ3v) is 4.38. The summed E-state index contributed by atoms with van der Waals surface area (Å²) >= 11 is 0. The number of hydrazine groups is 2. The summed E-state index contributed by atoms with van der Waals surface area (Å²) in [6, 6.07) is 22.5. The molecule has 0 aliphatic heterocycles. The second kappa shape index (κ2) is 9.08. The molecule has 3 aromatic carbocycles. The zero-order valence-corrected chi connectivity index (χ0v) is 16.3. The lowest BCUT2D eigenvalue weighted by Gasteiger charge is -2.16. The largest absolute Gasteiger partial charge is 0.457 e. The Morgan fingerprint density at radius 1 is 0.742 bits per heavy atom. The summed E-state index contributed by atoms with van der Waals surface area (Å²) in [7, 11) is 0. The van der Waals surface area contributed by atoms with Gasteiger partial charge in [-0.05, 0) is 54.1 Å². The average molecular weight is 417 g/mol. The van der Waals surface area contributed by atoms with Crippen molar-refractivity contribution in [3.8, 4) is 22.6 Å². The number of nitrogens with two attached hydrogens (primary N) is 2. The maximum absolute atomic E-state index is 13.1. The van der Waals surface area contributed by atoms with Gasteiger partial charge in [-0.3, -0.25) is 0 Å². The van der Waals surface area contributed by atoms with E-state index in [2.05, 4.69) is 26.1 Å². The molecule has 7 N–H and O–H groups in total. The zero-order chi connectivity index (χ0) is 21.6. The Kier molecular flexibility index (Phi) is 5.88. The lowest BCUT2D eigenvalue weighted by Crippen LogP contribution is -2.16. The van der Waals surface area contributed by atoms with Gasteiger partial charge in [0.1, 0.15) is 17.3 Å². The highest BCUT2D eigenvalue weighted by Gasteiger charge is 2.16. The van der Waals surface area contributed by atoms with Gasteiger partial charge in [0.05, 0.1) is 5.56 Å². The monoisotopic (exact) mass is 417 g/mol. The fraction of sp³-hybridized carbons (Fsp3) is 0. The molecule has 0 saturated heterocycles. The molecule has 0 saturated carbocycles. The summed E-state index contributed by atoms with van der Waals surface area (Å²) in [5.41, 5.74) is 7.30. The number of nitrogens with one attached hydrogen (secondary N) is 3. The molecule has 0 fully saturated rings. The Balaban J connectivity index is 1.69. The first-order valence-corrected chi connectivity index (χ1v) is 9.37. The summed E-state index contributed by atoms with van der Waals surface area (Å²) in [6.07, 6.45) is 0. The van der Waals surface area contributed by atoms with Crippen LogP contribution in [0.25, 0.3) is 11.1 Å². The van der Waals surface area contributed by atoms with E-state index in [4.69, 9.17) is 16.4 Å². The number of aromatic nitrogens is 2. The lowest BCUT2D eigenvalue weighted by molar-refractivity contribution is 0.481. The minimum absolute atomic E-state index is 0.314. The highest BCUT2D eigenvalue weighted by atomic mass is 19.1. The summed E-state index contributed by atoms with van der Waals surface area (Å²) in [4.78, 5) is 8.92. The first-order valence-electron chi connectivity index (χ1n) is 9.37. The van der Waals surface area contributed by atoms with Crippen molar-refractivity contribution >= 4 is 23.3 Å². The van der Waals surface area contributed by atoms with Crippen LogP contribution in [0.5, 0.6) is 11.5 Å². The fourth-order valence-corrected chi connectivity index (χ4v) is 3.00. The summed E-state index contributed by atoms with van der Waals surface area (Å²) in [5, 5.41) is 3.11. The van der Waals surface area contributed by atoms with E-state index in [1.165, 1.54) is 12.1 Å². The Hall–Kier alpha value is -4.21. The molecule has 8 nitrogen and oxygen atoms in total. The molecular weight excluding hydrogens is 397 g/mol. The number of nitrogens with zero attached hydrogens (tertiary/aromatic N) is 2. The number of anilines is 4. The van der Waals surface area contributed by atoms with Gasteiger partial charge in [-0.25, -0.2) is 16.1 Å². The van der Waals surface area contributed by atoms with Crippen LogP contribution in [0.2, 0.25) is 0 Å². The van der Waals surface area contributed by atoms with Gasteiger partial charge in [-0.1, -0.05) is 30.3 Å². The van der Waals surface area contributed by atoms with Crippen LogP contribution in [0.4, 0.5) is 27.7 Å². The lowest BCUT2D eigenvalue weighted by atomic mass is 10.1. The third kappa shape index (κ3) is 4.69. The van der Waals surface area contributed by atoms with Crippen LogP contribution in [0.3, 0.4) is 0 Å². The molecule has 0 aliphatic carbocycles. The van der Waals surface area contributed by atoms with Crippen molar-refractivity contribution in [2.45, 2.75) is 0 Å². The predicted molar refractivity (Wildman–Crippen MR) is 119 cm³/mol. The van der Waals surface area contributed by atoms with Crippen LogP contribution in [-0.2, 0) is 0 Å². The third-order valence-electron chi connectivity index (χ3n) is 4.38. The van der Waals surface area contributed by atoms with Crippen molar-refractivity contribution in [1.29, 1.82) is 0 Å². The van der Waals surface area contributed by atoms with Crippen LogP contribution in [-0.4, -0.2) is 9.97 Å². The number of nitrogen functional groups attached to an aromatic ring is 2. The number of rotatable bonds is 7. The van der Waals surface area contributed by atoms with Crippen LogP contribution in [0.1, 0.15) is 0 Å². The van der Waals surface area contributed by atoms with E-state index in [1.807, 2.05) is 42.5 Å². The van der Waals surface area contributed by atoms with Crippen LogP contribution in [0.15, 0.2) is 78.9 Å². The SMILES string of the molecule is NNc1nc(Nc2ccccc2)nc(NN)c1-c1cccc(Oc2ccc(F)cc2)c1. The molecule has 1 heterocycles. The van der Waals surface area contributed by atoms with Crippen molar-refractivity contribution in [3.63, 3.8) is 0 Å². The first-order chi connectivity index (χ1) is 15.2. The van der Waals surface area contributed by atoms with Gasteiger partial charge in [0.15, 0.2) is 11.6 Å². The second-order valence-corrected chi connectivity index (χ2v) is 6.48. The standard InChI is InChI=1S/C22H20FN7O/c23-15-9-11-17(12-10-15)31-18-8-4-5-14(13-18)19-20(29-24)27-22(28-21(19)30-25)26-16-6-2-1-3-7-16/h1-13H,24-25H2,(H3,26,27,28,29,30). The normalized spacial score (nSPS) is 10.4. The Bertz CT molecular complexity index is 1150. The second-order valence-electron chi connectivity index (χ2n) is 6.48. The number of para-hydroxylation sites is 1. The minimum Gasteiger partial charge on any atom is -0.457 e. The molecule has 1 aromatic heterocycles. The van der Waals surface area contributed by atoms with Crippen molar-refractivity contribution in [2.24, 2.45) is 11.7 Å². The van der Waals surface area contributed by atoms with Gasteiger partial charge in [0.2, 0.25) is 5.95 Å². The molecular formula is C22H20FN7O. The van der Waals surface area contributed by atoms with E-state index < -0.39 is 0 Å². The minimum atomic E-state index is -0.334. The van der Waals surface area contributed by atoms with Crippen LogP contribution >= 0.6 is 0 Å². The number of benzene rings is 3. The van der Waals surface area contributed by atoms with Crippen molar-refractivity contribution in [1.82, 2.24) is 9.97 Å². The number of halogens is 1.